The van der Waals surface area contributed by atoms with Gasteiger partial charge in [0.15, 0.2) is 5.78 Å². The molecule has 1 fully saturated rings. The van der Waals surface area contributed by atoms with Gasteiger partial charge in [0.25, 0.3) is 0 Å². The molecule has 1 saturated carbocycles. The molecule has 0 saturated heterocycles. The number of tetrazole rings is 1. The first-order chi connectivity index (χ1) is 11.7. The molecule has 0 spiro atoms. The standard InChI is InChI=1S/C16H19ClN4O2S/c1-23-15-8-7-11(17)9-13(15)14(22)10-24-16-18-19-20-21(16)12-5-3-2-4-6-12/h7-9,12H,2-6,10H2,1H3. The predicted molar refractivity (Wildman–Crippen MR) is 93.0 cm³/mol. The number of rotatable bonds is 6. The summed E-state index contributed by atoms with van der Waals surface area (Å²) in [4.78, 5) is 12.5. The number of benzene rings is 1. The molecule has 0 N–H and O–H groups in total. The predicted octanol–water partition coefficient (Wildman–Crippen LogP) is 3.82. The number of hydrogen-bond acceptors (Lipinski definition) is 6. The molecule has 0 radical (unpaired) electrons. The third kappa shape index (κ3) is 3.89. The van der Waals surface area contributed by atoms with Crippen LogP contribution in [0.15, 0.2) is 23.4 Å². The van der Waals surface area contributed by atoms with Gasteiger partial charge in [-0.05, 0) is 41.5 Å². The third-order valence-electron chi connectivity index (χ3n) is 4.18. The van der Waals surface area contributed by atoms with Crippen molar-refractivity contribution in [2.24, 2.45) is 0 Å². The van der Waals surface area contributed by atoms with Gasteiger partial charge >= 0.3 is 0 Å². The molecular formula is C16H19ClN4O2S. The lowest BCUT2D eigenvalue weighted by molar-refractivity contribution is 0.101. The SMILES string of the molecule is COc1ccc(Cl)cc1C(=O)CSc1nnnn1C1CCCCC1. The Labute approximate surface area is 149 Å². The number of methoxy groups -OCH3 is 1. The van der Waals surface area contributed by atoms with E-state index in [9.17, 15) is 4.79 Å². The zero-order valence-corrected chi connectivity index (χ0v) is 15.0. The molecule has 0 atom stereocenters. The fraction of sp³-hybridized carbons (Fsp3) is 0.500. The van der Waals surface area contributed by atoms with Crippen LogP contribution in [0.3, 0.4) is 0 Å². The summed E-state index contributed by atoms with van der Waals surface area (Å²) in [6, 6.07) is 5.38. The van der Waals surface area contributed by atoms with Gasteiger partial charge in [0.05, 0.1) is 24.5 Å². The Balaban J connectivity index is 1.69. The maximum Gasteiger partial charge on any atom is 0.210 e. The molecule has 0 aliphatic heterocycles. The number of halogens is 1. The molecule has 128 valence electrons. The molecule has 6 nitrogen and oxygen atoms in total. The van der Waals surface area contributed by atoms with Gasteiger partial charge in [-0.3, -0.25) is 4.79 Å². The zero-order valence-electron chi connectivity index (χ0n) is 13.4. The minimum absolute atomic E-state index is 0.0578. The molecule has 24 heavy (non-hydrogen) atoms. The van der Waals surface area contributed by atoms with Gasteiger partial charge in [0.2, 0.25) is 5.16 Å². The number of carbonyl (C=O) groups excluding carboxylic acids is 1. The lowest BCUT2D eigenvalue weighted by atomic mass is 9.96. The van der Waals surface area contributed by atoms with E-state index >= 15 is 0 Å². The second-order valence-corrected chi connectivity index (χ2v) is 7.13. The number of thioether (sulfide) groups is 1. The molecule has 0 amide bonds. The van der Waals surface area contributed by atoms with Crippen molar-refractivity contribution in [3.05, 3.63) is 28.8 Å². The minimum atomic E-state index is -0.0578. The average molecular weight is 367 g/mol. The van der Waals surface area contributed by atoms with Gasteiger partial charge in [-0.25, -0.2) is 4.68 Å². The van der Waals surface area contributed by atoms with E-state index in [1.807, 2.05) is 4.68 Å². The van der Waals surface area contributed by atoms with Crippen molar-refractivity contribution in [3.63, 3.8) is 0 Å². The summed E-state index contributed by atoms with van der Waals surface area (Å²) in [7, 11) is 1.54. The topological polar surface area (TPSA) is 69.9 Å². The Morgan fingerprint density at radius 2 is 2.17 bits per heavy atom. The number of ketones is 1. The second-order valence-electron chi connectivity index (χ2n) is 5.75. The van der Waals surface area contributed by atoms with E-state index in [0.717, 1.165) is 12.8 Å². The quantitative estimate of drug-likeness (QED) is 0.571. The van der Waals surface area contributed by atoms with E-state index in [-0.39, 0.29) is 11.5 Å². The first-order valence-electron chi connectivity index (χ1n) is 7.96. The lowest BCUT2D eigenvalue weighted by Gasteiger charge is -2.21. The van der Waals surface area contributed by atoms with Gasteiger partial charge < -0.3 is 4.74 Å². The van der Waals surface area contributed by atoms with Crippen molar-refractivity contribution in [1.29, 1.82) is 0 Å². The summed E-state index contributed by atoms with van der Waals surface area (Å²) in [5, 5.41) is 13.2. The van der Waals surface area contributed by atoms with Crippen LogP contribution in [-0.4, -0.2) is 38.9 Å². The summed E-state index contributed by atoms with van der Waals surface area (Å²) in [5.74, 6) is 0.707. The summed E-state index contributed by atoms with van der Waals surface area (Å²) in [6.45, 7) is 0. The van der Waals surface area contributed by atoms with Crippen LogP contribution in [0.4, 0.5) is 0 Å². The molecule has 2 aromatic rings. The van der Waals surface area contributed by atoms with Crippen molar-refractivity contribution in [2.45, 2.75) is 43.3 Å². The fourth-order valence-corrected chi connectivity index (χ4v) is 3.94. The smallest absolute Gasteiger partial charge is 0.210 e. The van der Waals surface area contributed by atoms with Crippen molar-refractivity contribution in [1.82, 2.24) is 20.2 Å². The van der Waals surface area contributed by atoms with Gasteiger partial charge in [0.1, 0.15) is 5.75 Å². The van der Waals surface area contributed by atoms with Crippen LogP contribution in [0.1, 0.15) is 48.5 Å². The molecular weight excluding hydrogens is 348 g/mol. The zero-order chi connectivity index (χ0) is 16.9. The Morgan fingerprint density at radius 1 is 1.38 bits per heavy atom. The molecule has 1 aliphatic rings. The van der Waals surface area contributed by atoms with E-state index in [1.165, 1.54) is 38.1 Å². The maximum absolute atomic E-state index is 12.5. The van der Waals surface area contributed by atoms with Crippen LogP contribution < -0.4 is 4.74 Å². The van der Waals surface area contributed by atoms with Crippen molar-refractivity contribution < 1.29 is 9.53 Å². The van der Waals surface area contributed by atoms with E-state index in [1.54, 1.807) is 18.2 Å². The lowest BCUT2D eigenvalue weighted by Crippen LogP contribution is -2.16. The number of nitrogens with zero attached hydrogens (tertiary/aromatic N) is 4. The average Bonchev–Trinajstić information content (AvgIpc) is 3.09. The largest absolute Gasteiger partial charge is 0.496 e. The molecule has 1 heterocycles. The first-order valence-corrected chi connectivity index (χ1v) is 9.33. The van der Waals surface area contributed by atoms with Crippen molar-refractivity contribution >= 4 is 29.1 Å². The van der Waals surface area contributed by atoms with E-state index in [4.69, 9.17) is 16.3 Å². The fourth-order valence-electron chi connectivity index (χ4n) is 2.94. The van der Waals surface area contributed by atoms with Crippen LogP contribution in [0, 0.1) is 0 Å². The van der Waals surface area contributed by atoms with Crippen molar-refractivity contribution in [3.8, 4) is 5.75 Å². The maximum atomic E-state index is 12.5. The summed E-state index contributed by atoms with van der Waals surface area (Å²) in [6.07, 6.45) is 5.86. The molecule has 3 rings (SSSR count). The van der Waals surface area contributed by atoms with Crippen molar-refractivity contribution in [2.75, 3.05) is 12.9 Å². The molecule has 8 heteroatoms. The highest BCUT2D eigenvalue weighted by molar-refractivity contribution is 7.99. The molecule has 1 aromatic heterocycles. The Bertz CT molecular complexity index is 716. The highest BCUT2D eigenvalue weighted by Crippen LogP contribution is 2.31. The van der Waals surface area contributed by atoms with Crippen LogP contribution in [-0.2, 0) is 0 Å². The Hall–Kier alpha value is -1.60. The number of carbonyl (C=O) groups is 1. The summed E-state index contributed by atoms with van der Waals surface area (Å²) in [5.41, 5.74) is 0.481. The summed E-state index contributed by atoms with van der Waals surface area (Å²) >= 11 is 7.35. The van der Waals surface area contributed by atoms with E-state index in [2.05, 4.69) is 15.5 Å². The van der Waals surface area contributed by atoms with Gasteiger partial charge in [-0.2, -0.15) is 0 Å². The second kappa shape index (κ2) is 7.98. The van der Waals surface area contributed by atoms with Crippen LogP contribution in [0.25, 0.3) is 0 Å². The number of Topliss-reactive ketones (excluding diaryl/α,β-unsaturated/α-hetero) is 1. The van der Waals surface area contributed by atoms with Crippen LogP contribution in [0.2, 0.25) is 5.02 Å². The van der Waals surface area contributed by atoms with E-state index < -0.39 is 0 Å². The molecule has 0 unspecified atom stereocenters. The summed E-state index contributed by atoms with van der Waals surface area (Å²) < 4.78 is 7.11. The third-order valence-corrected chi connectivity index (χ3v) is 5.35. The molecule has 1 aromatic carbocycles. The first kappa shape index (κ1) is 17.2. The van der Waals surface area contributed by atoms with Crippen LogP contribution in [0.5, 0.6) is 5.75 Å². The molecule has 0 bridgehead atoms. The highest BCUT2D eigenvalue weighted by atomic mass is 35.5. The van der Waals surface area contributed by atoms with Gasteiger partial charge in [-0.1, -0.05) is 42.6 Å². The van der Waals surface area contributed by atoms with E-state index in [0.29, 0.717) is 27.5 Å². The normalized spacial score (nSPS) is 15.4. The number of aromatic nitrogens is 4. The number of ether oxygens (including phenoxy) is 1. The Kier molecular flexibility index (Phi) is 5.73. The van der Waals surface area contributed by atoms with Gasteiger partial charge in [0, 0.05) is 5.02 Å². The van der Waals surface area contributed by atoms with Crippen LogP contribution >= 0.6 is 23.4 Å². The van der Waals surface area contributed by atoms with Gasteiger partial charge in [-0.15, -0.1) is 5.10 Å². The Morgan fingerprint density at radius 3 is 2.92 bits per heavy atom. The minimum Gasteiger partial charge on any atom is -0.496 e. The monoisotopic (exact) mass is 366 g/mol. The number of hydrogen-bond donors (Lipinski definition) is 0. The molecule has 1 aliphatic carbocycles. The highest BCUT2D eigenvalue weighted by Gasteiger charge is 2.21.